The maximum absolute atomic E-state index is 4.66. The monoisotopic (exact) mass is 245 g/mol. The smallest absolute Gasteiger partial charge is 0.128 e. The van der Waals surface area contributed by atoms with Crippen LogP contribution < -0.4 is 10.2 Å². The van der Waals surface area contributed by atoms with Gasteiger partial charge in [0.1, 0.15) is 5.82 Å². The first kappa shape index (κ1) is 12.0. The predicted octanol–water partition coefficient (Wildman–Crippen LogP) is 2.89. The van der Waals surface area contributed by atoms with Crippen LogP contribution in [0, 0.1) is 0 Å². The van der Waals surface area contributed by atoms with Crippen LogP contribution >= 0.6 is 0 Å². The van der Waals surface area contributed by atoms with E-state index in [4.69, 9.17) is 0 Å². The molecule has 2 saturated heterocycles. The zero-order chi connectivity index (χ0) is 12.2. The number of pyridine rings is 1. The Morgan fingerprint density at radius 1 is 1.06 bits per heavy atom. The van der Waals surface area contributed by atoms with Gasteiger partial charge < -0.3 is 10.2 Å². The van der Waals surface area contributed by atoms with Gasteiger partial charge in [0.15, 0.2) is 0 Å². The van der Waals surface area contributed by atoms with Gasteiger partial charge in [0.2, 0.25) is 0 Å². The van der Waals surface area contributed by atoms with Gasteiger partial charge in [0, 0.05) is 25.3 Å². The highest BCUT2D eigenvalue weighted by Crippen LogP contribution is 2.24. The topological polar surface area (TPSA) is 28.2 Å². The van der Waals surface area contributed by atoms with Gasteiger partial charge in [-0.25, -0.2) is 4.98 Å². The molecule has 1 N–H and O–H groups in total. The number of hydrogen-bond acceptors (Lipinski definition) is 3. The first-order chi connectivity index (χ1) is 8.93. The molecule has 3 heteroatoms. The van der Waals surface area contributed by atoms with Crippen LogP contribution in [0.5, 0.6) is 0 Å². The molecule has 2 aliphatic rings. The van der Waals surface area contributed by atoms with Crippen molar-refractivity contribution in [2.24, 2.45) is 0 Å². The van der Waals surface area contributed by atoms with E-state index in [1.54, 1.807) is 0 Å². The van der Waals surface area contributed by atoms with Crippen molar-refractivity contribution in [2.75, 3.05) is 24.5 Å². The Hall–Kier alpha value is -1.09. The molecule has 3 nitrogen and oxygen atoms in total. The summed E-state index contributed by atoms with van der Waals surface area (Å²) in [6, 6.07) is 5.00. The van der Waals surface area contributed by atoms with Crippen molar-refractivity contribution in [1.29, 1.82) is 0 Å². The van der Waals surface area contributed by atoms with Gasteiger partial charge in [-0.2, -0.15) is 0 Å². The summed E-state index contributed by atoms with van der Waals surface area (Å²) in [4.78, 5) is 7.08. The molecule has 2 fully saturated rings. The summed E-state index contributed by atoms with van der Waals surface area (Å²) in [6.45, 7) is 3.50. The summed E-state index contributed by atoms with van der Waals surface area (Å²) >= 11 is 0. The predicted molar refractivity (Wildman–Crippen MR) is 74.9 cm³/mol. The van der Waals surface area contributed by atoms with E-state index in [0.29, 0.717) is 6.04 Å². The first-order valence-electron chi connectivity index (χ1n) is 7.38. The summed E-state index contributed by atoms with van der Waals surface area (Å²) < 4.78 is 0. The second-order valence-corrected chi connectivity index (χ2v) is 5.50. The van der Waals surface area contributed by atoms with Crippen LogP contribution in [0.2, 0.25) is 0 Å². The van der Waals surface area contributed by atoms with Crippen LogP contribution in [0.25, 0.3) is 0 Å². The highest BCUT2D eigenvalue weighted by atomic mass is 15.2. The Bertz CT molecular complexity index is 325. The van der Waals surface area contributed by atoms with E-state index in [9.17, 15) is 0 Å². The standard InChI is InChI=1S/C15H23N3/c1-4-10-18(11-5-1)15-8-7-13(12-17-15)14-6-2-3-9-16-14/h7-8,12,14,16H,1-6,9-11H2/t14-/m0/s1. The third-order valence-electron chi connectivity index (χ3n) is 4.16. The van der Waals surface area contributed by atoms with Crippen LogP contribution in [-0.2, 0) is 0 Å². The van der Waals surface area contributed by atoms with Crippen molar-refractivity contribution in [3.8, 4) is 0 Å². The van der Waals surface area contributed by atoms with E-state index >= 15 is 0 Å². The molecule has 2 aliphatic heterocycles. The van der Waals surface area contributed by atoms with Crippen LogP contribution in [0.15, 0.2) is 18.3 Å². The van der Waals surface area contributed by atoms with Crippen LogP contribution in [0.1, 0.15) is 50.1 Å². The van der Waals surface area contributed by atoms with E-state index in [0.717, 1.165) is 12.4 Å². The SMILES string of the molecule is c1cc(N2CCCCC2)ncc1[C@@H]1CCCCN1. The molecule has 0 aliphatic carbocycles. The fourth-order valence-electron chi connectivity index (χ4n) is 3.05. The molecule has 3 heterocycles. The minimum Gasteiger partial charge on any atom is -0.357 e. The fraction of sp³-hybridized carbons (Fsp3) is 0.667. The van der Waals surface area contributed by atoms with Gasteiger partial charge >= 0.3 is 0 Å². The molecule has 0 amide bonds. The normalized spacial score (nSPS) is 25.1. The molecule has 0 spiro atoms. The van der Waals surface area contributed by atoms with Crippen LogP contribution in [0.4, 0.5) is 5.82 Å². The lowest BCUT2D eigenvalue weighted by molar-refractivity contribution is 0.411. The van der Waals surface area contributed by atoms with Gasteiger partial charge in [-0.3, -0.25) is 0 Å². The number of anilines is 1. The number of aromatic nitrogens is 1. The molecule has 0 radical (unpaired) electrons. The lowest BCUT2D eigenvalue weighted by atomic mass is 9.99. The van der Waals surface area contributed by atoms with Gasteiger partial charge in [0.05, 0.1) is 0 Å². The number of hydrogen-bond donors (Lipinski definition) is 1. The third kappa shape index (κ3) is 2.66. The molecule has 0 unspecified atom stereocenters. The first-order valence-corrected chi connectivity index (χ1v) is 7.38. The van der Waals surface area contributed by atoms with E-state index in [2.05, 4.69) is 33.5 Å². The number of piperidine rings is 2. The minimum atomic E-state index is 0.529. The summed E-state index contributed by atoms with van der Waals surface area (Å²) in [5, 5.41) is 3.58. The van der Waals surface area contributed by atoms with Crippen molar-refractivity contribution in [2.45, 2.75) is 44.6 Å². The lowest BCUT2D eigenvalue weighted by Crippen LogP contribution is -2.30. The maximum atomic E-state index is 4.66. The Kier molecular flexibility index (Phi) is 3.79. The number of nitrogens with zero attached hydrogens (tertiary/aromatic N) is 2. The molecule has 0 bridgehead atoms. The van der Waals surface area contributed by atoms with Gasteiger partial charge in [0.25, 0.3) is 0 Å². The molecular formula is C15H23N3. The summed E-state index contributed by atoms with van der Waals surface area (Å²) in [5.74, 6) is 1.16. The van der Waals surface area contributed by atoms with Crippen molar-refractivity contribution < 1.29 is 0 Å². The molecule has 98 valence electrons. The molecule has 1 aromatic heterocycles. The Labute approximate surface area is 110 Å². The molecule has 18 heavy (non-hydrogen) atoms. The molecule has 0 saturated carbocycles. The summed E-state index contributed by atoms with van der Waals surface area (Å²) in [5.41, 5.74) is 1.36. The Morgan fingerprint density at radius 3 is 2.61 bits per heavy atom. The number of rotatable bonds is 2. The molecule has 1 atom stereocenters. The lowest BCUT2D eigenvalue weighted by Gasteiger charge is -2.28. The van der Waals surface area contributed by atoms with Crippen LogP contribution in [-0.4, -0.2) is 24.6 Å². The Morgan fingerprint density at radius 2 is 1.94 bits per heavy atom. The zero-order valence-electron chi connectivity index (χ0n) is 11.1. The Balaban J connectivity index is 1.67. The quantitative estimate of drug-likeness (QED) is 0.868. The second kappa shape index (κ2) is 5.70. The molecule has 3 rings (SSSR count). The van der Waals surface area contributed by atoms with E-state index in [-0.39, 0.29) is 0 Å². The minimum absolute atomic E-state index is 0.529. The van der Waals surface area contributed by atoms with Crippen molar-refractivity contribution >= 4 is 5.82 Å². The molecular weight excluding hydrogens is 222 g/mol. The van der Waals surface area contributed by atoms with Gasteiger partial charge in [-0.15, -0.1) is 0 Å². The number of nitrogens with one attached hydrogen (secondary N) is 1. The van der Waals surface area contributed by atoms with E-state index in [1.165, 1.54) is 57.2 Å². The van der Waals surface area contributed by atoms with E-state index in [1.807, 2.05) is 0 Å². The molecule has 0 aromatic carbocycles. The highest BCUT2D eigenvalue weighted by Gasteiger charge is 2.16. The van der Waals surface area contributed by atoms with Crippen molar-refractivity contribution in [3.63, 3.8) is 0 Å². The largest absolute Gasteiger partial charge is 0.357 e. The average molecular weight is 245 g/mol. The summed E-state index contributed by atoms with van der Waals surface area (Å²) in [7, 11) is 0. The van der Waals surface area contributed by atoms with Gasteiger partial charge in [-0.1, -0.05) is 12.5 Å². The van der Waals surface area contributed by atoms with Crippen molar-refractivity contribution in [1.82, 2.24) is 10.3 Å². The zero-order valence-corrected chi connectivity index (χ0v) is 11.1. The molecule has 1 aromatic rings. The maximum Gasteiger partial charge on any atom is 0.128 e. The highest BCUT2D eigenvalue weighted by molar-refractivity contribution is 5.40. The fourth-order valence-corrected chi connectivity index (χ4v) is 3.05. The average Bonchev–Trinajstić information content (AvgIpc) is 2.49. The second-order valence-electron chi connectivity index (χ2n) is 5.50. The van der Waals surface area contributed by atoms with Crippen LogP contribution in [0.3, 0.4) is 0 Å². The third-order valence-corrected chi connectivity index (χ3v) is 4.16. The van der Waals surface area contributed by atoms with E-state index < -0.39 is 0 Å². The van der Waals surface area contributed by atoms with Crippen molar-refractivity contribution in [3.05, 3.63) is 23.9 Å². The summed E-state index contributed by atoms with van der Waals surface area (Å²) in [6.07, 6.45) is 9.99. The van der Waals surface area contributed by atoms with Gasteiger partial charge in [-0.05, 0) is 50.3 Å².